The van der Waals surface area contributed by atoms with Crippen LogP contribution in [0, 0.1) is 0 Å². The van der Waals surface area contributed by atoms with Gasteiger partial charge < -0.3 is 10.4 Å². The summed E-state index contributed by atoms with van der Waals surface area (Å²) in [6, 6.07) is 7.97. The minimum Gasteiger partial charge on any atom is -0.388 e. The molecule has 24 heavy (non-hydrogen) atoms. The van der Waals surface area contributed by atoms with E-state index in [2.05, 4.69) is 31.2 Å². The molecule has 5 heteroatoms. The van der Waals surface area contributed by atoms with Crippen LogP contribution < -0.4 is 5.32 Å². The molecule has 0 unspecified atom stereocenters. The Kier molecular flexibility index (Phi) is 5.78. The molecule has 1 atom stereocenters. The van der Waals surface area contributed by atoms with Gasteiger partial charge in [0.05, 0.1) is 12.3 Å². The number of aliphatic hydroxyl groups excluding tert-OH is 1. The first kappa shape index (κ1) is 18.2. The van der Waals surface area contributed by atoms with Crippen LogP contribution in [0.25, 0.3) is 0 Å². The first-order valence-corrected chi connectivity index (χ1v) is 8.28. The van der Waals surface area contributed by atoms with Crippen LogP contribution in [-0.2, 0) is 23.8 Å². The zero-order valence-electron chi connectivity index (χ0n) is 14.9. The molecule has 2 aromatic rings. The number of aromatic nitrogens is 2. The molecule has 1 aromatic carbocycles. The van der Waals surface area contributed by atoms with Crippen LogP contribution in [0.15, 0.2) is 36.7 Å². The van der Waals surface area contributed by atoms with E-state index in [1.165, 1.54) is 5.56 Å². The number of hydrogen-bond acceptors (Lipinski definition) is 3. The summed E-state index contributed by atoms with van der Waals surface area (Å²) in [6.07, 6.45) is 3.68. The lowest BCUT2D eigenvalue weighted by Crippen LogP contribution is -2.22. The molecule has 1 amide bonds. The zero-order chi connectivity index (χ0) is 17.7. The van der Waals surface area contributed by atoms with E-state index >= 15 is 0 Å². The van der Waals surface area contributed by atoms with Gasteiger partial charge in [-0.1, -0.05) is 45.0 Å². The molecular weight excluding hydrogens is 302 g/mol. The fourth-order valence-electron chi connectivity index (χ4n) is 2.49. The Labute approximate surface area is 143 Å². The third-order valence-corrected chi connectivity index (χ3v) is 4.05. The highest BCUT2D eigenvalue weighted by molar-refractivity contribution is 5.75. The number of amides is 1. The van der Waals surface area contributed by atoms with Gasteiger partial charge in [-0.2, -0.15) is 5.10 Å². The molecule has 1 aromatic heterocycles. The molecule has 0 saturated carbocycles. The van der Waals surface area contributed by atoms with Gasteiger partial charge in [-0.25, -0.2) is 0 Å². The summed E-state index contributed by atoms with van der Waals surface area (Å²) in [4.78, 5) is 11.9. The highest BCUT2D eigenvalue weighted by atomic mass is 16.3. The Balaban J connectivity index is 1.79. The lowest BCUT2D eigenvalue weighted by molar-refractivity contribution is -0.121. The maximum atomic E-state index is 11.9. The third-order valence-electron chi connectivity index (χ3n) is 4.05. The molecule has 5 nitrogen and oxygen atoms in total. The van der Waals surface area contributed by atoms with Crippen LogP contribution in [-0.4, -0.2) is 20.8 Å². The molecule has 2 rings (SSSR count). The van der Waals surface area contributed by atoms with Crippen molar-refractivity contribution in [3.05, 3.63) is 53.3 Å². The first-order valence-electron chi connectivity index (χ1n) is 8.28. The molecule has 2 N–H and O–H groups in total. The lowest BCUT2D eigenvalue weighted by atomic mass is 9.86. The standard InChI is InChI=1S/C19H27N3O2/c1-19(2,3)16-7-5-15(6-8-16)17(23)9-10-18(24)20-11-14-12-21-22(4)13-14/h5-8,12-13,17,23H,9-11H2,1-4H3,(H,20,24)/t17-/m1/s1. The molecule has 0 aliphatic rings. The van der Waals surface area contributed by atoms with E-state index < -0.39 is 6.10 Å². The lowest BCUT2D eigenvalue weighted by Gasteiger charge is -2.20. The Morgan fingerprint density at radius 3 is 2.50 bits per heavy atom. The highest BCUT2D eigenvalue weighted by Crippen LogP contribution is 2.25. The Morgan fingerprint density at radius 1 is 1.29 bits per heavy atom. The SMILES string of the molecule is Cn1cc(CNC(=O)CC[C@@H](O)c2ccc(C(C)(C)C)cc2)cn1. The van der Waals surface area contributed by atoms with Crippen LogP contribution in [0.1, 0.15) is 56.4 Å². The average molecular weight is 329 g/mol. The number of rotatable bonds is 6. The normalized spacial score (nSPS) is 12.9. The summed E-state index contributed by atoms with van der Waals surface area (Å²) >= 11 is 0. The topological polar surface area (TPSA) is 67.2 Å². The summed E-state index contributed by atoms with van der Waals surface area (Å²) in [6.45, 7) is 6.93. The Morgan fingerprint density at radius 2 is 1.96 bits per heavy atom. The van der Waals surface area contributed by atoms with Crippen LogP contribution in [0.5, 0.6) is 0 Å². The maximum Gasteiger partial charge on any atom is 0.220 e. The second kappa shape index (κ2) is 7.62. The number of benzene rings is 1. The largest absolute Gasteiger partial charge is 0.388 e. The molecule has 0 aliphatic carbocycles. The van der Waals surface area contributed by atoms with Crippen molar-refractivity contribution in [2.45, 2.75) is 51.7 Å². The number of aryl methyl sites for hydroxylation is 1. The van der Waals surface area contributed by atoms with E-state index in [-0.39, 0.29) is 11.3 Å². The molecule has 0 fully saturated rings. The van der Waals surface area contributed by atoms with Crippen molar-refractivity contribution in [3.8, 4) is 0 Å². The molecule has 0 saturated heterocycles. The van der Waals surface area contributed by atoms with Crippen LogP contribution in [0.4, 0.5) is 0 Å². The minimum atomic E-state index is -0.622. The van der Waals surface area contributed by atoms with Gasteiger partial charge in [-0.15, -0.1) is 0 Å². The van der Waals surface area contributed by atoms with Gasteiger partial charge in [0.2, 0.25) is 5.91 Å². The van der Waals surface area contributed by atoms with E-state index in [1.807, 2.05) is 37.5 Å². The van der Waals surface area contributed by atoms with E-state index in [4.69, 9.17) is 0 Å². The minimum absolute atomic E-state index is 0.0655. The molecule has 0 spiro atoms. The summed E-state index contributed by atoms with van der Waals surface area (Å²) < 4.78 is 1.70. The number of carbonyl (C=O) groups excluding carboxylic acids is 1. The van der Waals surface area contributed by atoms with Crippen LogP contribution in [0.3, 0.4) is 0 Å². The number of hydrogen-bond donors (Lipinski definition) is 2. The van der Waals surface area contributed by atoms with Gasteiger partial charge in [0.1, 0.15) is 0 Å². The molecule has 0 aliphatic heterocycles. The van der Waals surface area contributed by atoms with Crippen LogP contribution in [0.2, 0.25) is 0 Å². The van der Waals surface area contributed by atoms with E-state index in [0.717, 1.165) is 11.1 Å². The van der Waals surface area contributed by atoms with Crippen molar-refractivity contribution in [1.82, 2.24) is 15.1 Å². The summed E-state index contributed by atoms with van der Waals surface area (Å²) in [5.74, 6) is -0.0655. The number of carbonyl (C=O) groups is 1. The van der Waals surface area contributed by atoms with Gasteiger partial charge in [0.25, 0.3) is 0 Å². The predicted octanol–water partition coefficient (Wildman–Crippen LogP) is 2.85. The Hall–Kier alpha value is -2.14. The quantitative estimate of drug-likeness (QED) is 0.856. The van der Waals surface area contributed by atoms with Crippen molar-refractivity contribution in [2.24, 2.45) is 7.05 Å². The summed E-state index contributed by atoms with van der Waals surface area (Å²) in [5, 5.41) is 17.2. The smallest absolute Gasteiger partial charge is 0.220 e. The monoisotopic (exact) mass is 329 g/mol. The van der Waals surface area contributed by atoms with E-state index in [0.29, 0.717) is 19.4 Å². The molecule has 130 valence electrons. The highest BCUT2D eigenvalue weighted by Gasteiger charge is 2.15. The second-order valence-electron chi connectivity index (χ2n) is 7.23. The fraction of sp³-hybridized carbons (Fsp3) is 0.474. The van der Waals surface area contributed by atoms with Crippen molar-refractivity contribution in [1.29, 1.82) is 0 Å². The van der Waals surface area contributed by atoms with Crippen molar-refractivity contribution in [3.63, 3.8) is 0 Å². The van der Waals surface area contributed by atoms with Gasteiger partial charge in [0, 0.05) is 31.8 Å². The van der Waals surface area contributed by atoms with Crippen molar-refractivity contribution < 1.29 is 9.90 Å². The molecule has 0 bridgehead atoms. The van der Waals surface area contributed by atoms with E-state index in [9.17, 15) is 9.90 Å². The first-order chi connectivity index (χ1) is 11.3. The van der Waals surface area contributed by atoms with Crippen molar-refractivity contribution >= 4 is 5.91 Å². The molecule has 1 heterocycles. The van der Waals surface area contributed by atoms with Gasteiger partial charge >= 0.3 is 0 Å². The zero-order valence-corrected chi connectivity index (χ0v) is 14.9. The summed E-state index contributed by atoms with van der Waals surface area (Å²) in [7, 11) is 1.84. The molecule has 0 radical (unpaired) electrons. The number of nitrogens with one attached hydrogen (secondary N) is 1. The average Bonchev–Trinajstić information content (AvgIpc) is 2.95. The van der Waals surface area contributed by atoms with Gasteiger partial charge in [-0.3, -0.25) is 9.48 Å². The molecular formula is C19H27N3O2. The van der Waals surface area contributed by atoms with Crippen molar-refractivity contribution in [2.75, 3.05) is 0 Å². The summed E-state index contributed by atoms with van der Waals surface area (Å²) in [5.41, 5.74) is 3.13. The predicted molar refractivity (Wildman–Crippen MR) is 94.4 cm³/mol. The fourth-order valence-corrected chi connectivity index (χ4v) is 2.49. The maximum absolute atomic E-state index is 11.9. The van der Waals surface area contributed by atoms with E-state index in [1.54, 1.807) is 10.9 Å². The number of nitrogens with zero attached hydrogens (tertiary/aromatic N) is 2. The van der Waals surface area contributed by atoms with Crippen LogP contribution >= 0.6 is 0 Å². The Bertz CT molecular complexity index is 669. The second-order valence-corrected chi connectivity index (χ2v) is 7.23. The van der Waals surface area contributed by atoms with Gasteiger partial charge in [0.15, 0.2) is 0 Å². The number of aliphatic hydroxyl groups is 1. The van der Waals surface area contributed by atoms with Gasteiger partial charge in [-0.05, 0) is 23.0 Å². The third kappa shape index (κ3) is 5.20.